The van der Waals surface area contributed by atoms with E-state index in [1.807, 2.05) is 0 Å². The highest BCUT2D eigenvalue weighted by molar-refractivity contribution is 5.60. The first-order chi connectivity index (χ1) is 7.04. The van der Waals surface area contributed by atoms with E-state index in [2.05, 4.69) is 58.1 Å². The fourth-order valence-electron chi connectivity index (χ4n) is 1.93. The molecule has 0 fully saturated rings. The van der Waals surface area contributed by atoms with Crippen molar-refractivity contribution in [2.24, 2.45) is 0 Å². The van der Waals surface area contributed by atoms with Gasteiger partial charge in [-0.25, -0.2) is 0 Å². The van der Waals surface area contributed by atoms with Crippen LogP contribution in [0.5, 0.6) is 0 Å². The first kappa shape index (κ1) is 11.8. The number of rotatable bonds is 3. The van der Waals surface area contributed by atoms with E-state index in [-0.39, 0.29) is 0 Å². The molecule has 0 bridgehead atoms. The molecule has 0 heterocycles. The summed E-state index contributed by atoms with van der Waals surface area (Å²) in [5, 5.41) is 3.47. The Hall–Kier alpha value is -1.24. The lowest BCUT2D eigenvalue weighted by atomic mass is 10.0. The molecule has 0 saturated carbocycles. The monoisotopic (exact) mass is 203 g/mol. The van der Waals surface area contributed by atoms with Crippen LogP contribution < -0.4 is 5.32 Å². The van der Waals surface area contributed by atoms with Crippen molar-refractivity contribution in [3.05, 3.63) is 40.6 Å². The van der Waals surface area contributed by atoms with Crippen molar-refractivity contribution in [3.63, 3.8) is 0 Å². The van der Waals surface area contributed by atoms with E-state index < -0.39 is 0 Å². The molecule has 0 spiro atoms. The average Bonchev–Trinajstić information content (AvgIpc) is 2.11. The van der Waals surface area contributed by atoms with Gasteiger partial charge in [0.25, 0.3) is 0 Å². The third kappa shape index (κ3) is 3.12. The summed E-state index contributed by atoms with van der Waals surface area (Å²) in [5.74, 6) is 0. The number of hydrogen-bond acceptors (Lipinski definition) is 1. The Kier molecular flexibility index (Phi) is 3.96. The Morgan fingerprint density at radius 3 is 2.20 bits per heavy atom. The molecule has 1 nitrogen and oxygen atoms in total. The minimum atomic E-state index is 1.07. The molecule has 15 heavy (non-hydrogen) atoms. The molecule has 82 valence electrons. The van der Waals surface area contributed by atoms with Crippen LogP contribution in [0.1, 0.15) is 37.0 Å². The highest BCUT2D eigenvalue weighted by Crippen LogP contribution is 2.23. The molecule has 0 unspecified atom stereocenters. The van der Waals surface area contributed by atoms with Crippen LogP contribution in [0.3, 0.4) is 0 Å². The Morgan fingerprint density at radius 1 is 1.20 bits per heavy atom. The maximum Gasteiger partial charge on any atom is 0.0441 e. The van der Waals surface area contributed by atoms with E-state index in [9.17, 15) is 0 Å². The molecule has 0 atom stereocenters. The van der Waals surface area contributed by atoms with E-state index in [4.69, 9.17) is 0 Å². The molecule has 1 aromatic carbocycles. The Labute approximate surface area is 93.2 Å². The lowest BCUT2D eigenvalue weighted by Crippen LogP contribution is -2.00. The maximum absolute atomic E-state index is 3.47. The molecule has 0 aromatic heterocycles. The first-order valence-corrected chi connectivity index (χ1v) is 5.56. The summed E-state index contributed by atoms with van der Waals surface area (Å²) in [7, 11) is 0. The fraction of sp³-hybridized carbons (Fsp3) is 0.429. The first-order valence-electron chi connectivity index (χ1n) is 5.56. The Balaban J connectivity index is 3.00. The van der Waals surface area contributed by atoms with Gasteiger partial charge in [0, 0.05) is 11.4 Å². The third-order valence-corrected chi connectivity index (χ3v) is 2.51. The molecular formula is C14H21N. The van der Waals surface area contributed by atoms with Gasteiger partial charge >= 0.3 is 0 Å². The van der Waals surface area contributed by atoms with Crippen molar-refractivity contribution >= 4 is 5.69 Å². The molecule has 1 heteroatoms. The standard InChI is InChI=1S/C14H21N/c1-6-7-13(5)15-14-11(3)8-10(2)9-12(14)4/h7-9,15H,6H2,1-5H3/b13-7-. The molecule has 1 rings (SSSR count). The predicted octanol–water partition coefficient (Wildman–Crippen LogP) is 4.34. The molecule has 1 aromatic rings. The van der Waals surface area contributed by atoms with Crippen LogP contribution in [-0.2, 0) is 0 Å². The van der Waals surface area contributed by atoms with E-state index in [0.29, 0.717) is 0 Å². The van der Waals surface area contributed by atoms with E-state index in [1.165, 1.54) is 28.1 Å². The Morgan fingerprint density at radius 2 is 1.73 bits per heavy atom. The average molecular weight is 203 g/mol. The van der Waals surface area contributed by atoms with Gasteiger partial charge in [0.1, 0.15) is 0 Å². The van der Waals surface area contributed by atoms with Gasteiger partial charge in [-0.1, -0.05) is 30.7 Å². The van der Waals surface area contributed by atoms with Crippen LogP contribution in [0.2, 0.25) is 0 Å². The smallest absolute Gasteiger partial charge is 0.0441 e. The summed E-state index contributed by atoms with van der Waals surface area (Å²) >= 11 is 0. The van der Waals surface area contributed by atoms with Crippen LogP contribution in [0, 0.1) is 20.8 Å². The van der Waals surface area contributed by atoms with Crippen LogP contribution in [0.25, 0.3) is 0 Å². The van der Waals surface area contributed by atoms with Gasteiger partial charge in [-0.2, -0.15) is 0 Å². The van der Waals surface area contributed by atoms with Crippen LogP contribution >= 0.6 is 0 Å². The molecule has 0 saturated heterocycles. The minimum Gasteiger partial charge on any atom is -0.359 e. The van der Waals surface area contributed by atoms with Crippen molar-refractivity contribution in [1.82, 2.24) is 0 Å². The van der Waals surface area contributed by atoms with Gasteiger partial charge in [-0.3, -0.25) is 0 Å². The van der Waals surface area contributed by atoms with Gasteiger partial charge in [0.05, 0.1) is 0 Å². The zero-order valence-electron chi connectivity index (χ0n) is 10.4. The lowest BCUT2D eigenvalue weighted by Gasteiger charge is -2.14. The highest BCUT2D eigenvalue weighted by atomic mass is 14.9. The van der Waals surface area contributed by atoms with Gasteiger partial charge in [-0.15, -0.1) is 0 Å². The summed E-state index contributed by atoms with van der Waals surface area (Å²) in [6.07, 6.45) is 3.28. The molecule has 1 N–H and O–H groups in total. The summed E-state index contributed by atoms with van der Waals surface area (Å²) in [6, 6.07) is 4.43. The van der Waals surface area contributed by atoms with Crippen LogP contribution in [-0.4, -0.2) is 0 Å². The second kappa shape index (κ2) is 5.01. The maximum atomic E-state index is 3.47. The normalized spacial score (nSPS) is 11.7. The van der Waals surface area contributed by atoms with E-state index in [1.54, 1.807) is 0 Å². The lowest BCUT2D eigenvalue weighted by molar-refractivity contribution is 1.17. The number of aryl methyl sites for hydroxylation is 3. The minimum absolute atomic E-state index is 1.07. The summed E-state index contributed by atoms with van der Waals surface area (Å²) < 4.78 is 0. The number of benzene rings is 1. The predicted molar refractivity (Wildman–Crippen MR) is 68.3 cm³/mol. The number of anilines is 1. The van der Waals surface area contributed by atoms with E-state index >= 15 is 0 Å². The molecule has 0 aliphatic heterocycles. The van der Waals surface area contributed by atoms with Crippen LogP contribution in [0.4, 0.5) is 5.69 Å². The van der Waals surface area contributed by atoms with Crippen LogP contribution in [0.15, 0.2) is 23.9 Å². The second-order valence-corrected chi connectivity index (χ2v) is 4.19. The fourth-order valence-corrected chi connectivity index (χ4v) is 1.93. The quantitative estimate of drug-likeness (QED) is 0.770. The van der Waals surface area contributed by atoms with Crippen molar-refractivity contribution in [1.29, 1.82) is 0 Å². The van der Waals surface area contributed by atoms with Gasteiger partial charge in [-0.05, 0) is 45.2 Å². The van der Waals surface area contributed by atoms with Crippen molar-refractivity contribution < 1.29 is 0 Å². The van der Waals surface area contributed by atoms with Gasteiger partial charge in [0.15, 0.2) is 0 Å². The van der Waals surface area contributed by atoms with Crippen molar-refractivity contribution in [3.8, 4) is 0 Å². The largest absolute Gasteiger partial charge is 0.359 e. The summed E-state index contributed by atoms with van der Waals surface area (Å²) in [6.45, 7) is 10.7. The SMILES string of the molecule is CC/C=C(/C)Nc1c(C)cc(C)cc1C. The summed E-state index contributed by atoms with van der Waals surface area (Å²) in [4.78, 5) is 0. The molecule has 0 aliphatic rings. The highest BCUT2D eigenvalue weighted by Gasteiger charge is 2.03. The zero-order chi connectivity index (χ0) is 11.4. The number of nitrogens with one attached hydrogen (secondary N) is 1. The second-order valence-electron chi connectivity index (χ2n) is 4.19. The van der Waals surface area contributed by atoms with Gasteiger partial charge < -0.3 is 5.32 Å². The zero-order valence-corrected chi connectivity index (χ0v) is 10.4. The number of hydrogen-bond donors (Lipinski definition) is 1. The topological polar surface area (TPSA) is 12.0 Å². The van der Waals surface area contributed by atoms with Gasteiger partial charge in [0.2, 0.25) is 0 Å². The molecule has 0 radical (unpaired) electrons. The number of allylic oxidation sites excluding steroid dienone is 2. The third-order valence-electron chi connectivity index (χ3n) is 2.51. The molecule has 0 amide bonds. The Bertz CT molecular complexity index is 352. The van der Waals surface area contributed by atoms with Crippen molar-refractivity contribution in [2.45, 2.75) is 41.0 Å². The molecule has 0 aliphatic carbocycles. The van der Waals surface area contributed by atoms with Crippen molar-refractivity contribution in [2.75, 3.05) is 5.32 Å². The summed E-state index contributed by atoms with van der Waals surface area (Å²) in [5.41, 5.74) is 6.44. The van der Waals surface area contributed by atoms with E-state index in [0.717, 1.165) is 6.42 Å². The molecular weight excluding hydrogens is 182 g/mol.